The number of carbonyl (C=O) groups excluding carboxylic acids is 1. The van der Waals surface area contributed by atoms with Crippen LogP contribution >= 0.6 is 0 Å². The van der Waals surface area contributed by atoms with E-state index in [1.54, 1.807) is 50.2 Å². The van der Waals surface area contributed by atoms with Crippen LogP contribution in [0.2, 0.25) is 0 Å². The third kappa shape index (κ3) is 4.51. The van der Waals surface area contributed by atoms with Gasteiger partial charge in [-0.3, -0.25) is 9.52 Å². The van der Waals surface area contributed by atoms with Crippen molar-refractivity contribution in [2.75, 3.05) is 16.6 Å². The van der Waals surface area contributed by atoms with Crippen LogP contribution < -0.4 is 14.8 Å². The van der Waals surface area contributed by atoms with Crippen LogP contribution in [0.15, 0.2) is 41.3 Å². The fourth-order valence-electron chi connectivity index (χ4n) is 2.68. The molecule has 6 nitrogen and oxygen atoms in total. The van der Waals surface area contributed by atoms with E-state index >= 15 is 0 Å². The van der Waals surface area contributed by atoms with Crippen molar-refractivity contribution < 1.29 is 17.9 Å². The molecular formula is C18H22N2O4S. The van der Waals surface area contributed by atoms with Crippen molar-refractivity contribution in [1.82, 2.24) is 0 Å². The quantitative estimate of drug-likeness (QED) is 0.824. The molecule has 0 aliphatic carbocycles. The van der Waals surface area contributed by atoms with Gasteiger partial charge < -0.3 is 10.1 Å². The highest BCUT2D eigenvalue weighted by Gasteiger charge is 2.22. The molecule has 0 heterocycles. The van der Waals surface area contributed by atoms with E-state index in [1.165, 1.54) is 6.92 Å². The van der Waals surface area contributed by atoms with Crippen molar-refractivity contribution in [2.24, 2.45) is 0 Å². The number of hydrogen-bond acceptors (Lipinski definition) is 4. The summed E-state index contributed by atoms with van der Waals surface area (Å²) in [6.07, 6.45) is 0. The first-order valence-electron chi connectivity index (χ1n) is 7.88. The summed E-state index contributed by atoms with van der Waals surface area (Å²) in [5.41, 5.74) is 2.04. The van der Waals surface area contributed by atoms with Gasteiger partial charge in [-0.1, -0.05) is 12.1 Å². The first-order chi connectivity index (χ1) is 11.7. The highest BCUT2D eigenvalue weighted by molar-refractivity contribution is 7.92. The van der Waals surface area contributed by atoms with E-state index in [0.717, 1.165) is 0 Å². The second-order valence-electron chi connectivity index (χ2n) is 5.66. The number of para-hydroxylation sites is 2. The lowest BCUT2D eigenvalue weighted by atomic mass is 10.1. The standard InChI is InChI=1S/C18H22N2O4S/c1-5-24-17-9-7-6-8-16(17)20-25(22,23)18-12(2)10-15(11-13(18)3)19-14(4)21/h6-11,20H,5H2,1-4H3,(H,19,21). The fraction of sp³-hybridized carbons (Fsp3) is 0.278. The summed E-state index contributed by atoms with van der Waals surface area (Å²) >= 11 is 0. The predicted molar refractivity (Wildman–Crippen MR) is 98.6 cm³/mol. The van der Waals surface area contributed by atoms with Crippen molar-refractivity contribution in [3.63, 3.8) is 0 Å². The molecule has 0 radical (unpaired) electrons. The lowest BCUT2D eigenvalue weighted by Crippen LogP contribution is -2.17. The number of rotatable bonds is 6. The summed E-state index contributed by atoms with van der Waals surface area (Å²) in [5, 5.41) is 2.67. The zero-order valence-electron chi connectivity index (χ0n) is 14.7. The Balaban J connectivity index is 2.42. The van der Waals surface area contributed by atoms with Crippen molar-refractivity contribution in [2.45, 2.75) is 32.6 Å². The van der Waals surface area contributed by atoms with Gasteiger partial charge in [-0.05, 0) is 56.2 Å². The molecule has 0 spiro atoms. The summed E-state index contributed by atoms with van der Waals surface area (Å²) in [5.74, 6) is 0.261. The highest BCUT2D eigenvalue weighted by atomic mass is 32.2. The molecule has 0 bridgehead atoms. The average Bonchev–Trinajstić information content (AvgIpc) is 2.47. The van der Waals surface area contributed by atoms with E-state index < -0.39 is 10.0 Å². The second kappa shape index (κ2) is 7.57. The van der Waals surface area contributed by atoms with Crippen LogP contribution in [0.3, 0.4) is 0 Å². The van der Waals surface area contributed by atoms with Gasteiger partial charge in [-0.15, -0.1) is 0 Å². The maximum absolute atomic E-state index is 12.9. The molecule has 0 atom stereocenters. The van der Waals surface area contributed by atoms with Gasteiger partial charge in [0.2, 0.25) is 5.91 Å². The van der Waals surface area contributed by atoms with Crippen LogP contribution in [-0.4, -0.2) is 20.9 Å². The molecule has 0 unspecified atom stereocenters. The van der Waals surface area contributed by atoms with Crippen molar-refractivity contribution >= 4 is 27.3 Å². The van der Waals surface area contributed by atoms with Crippen LogP contribution in [0.25, 0.3) is 0 Å². The van der Waals surface area contributed by atoms with Crippen molar-refractivity contribution in [1.29, 1.82) is 0 Å². The number of sulfonamides is 1. The molecular weight excluding hydrogens is 340 g/mol. The lowest BCUT2D eigenvalue weighted by Gasteiger charge is -2.16. The molecule has 0 saturated heterocycles. The summed E-state index contributed by atoms with van der Waals surface area (Å²) in [6, 6.07) is 10.1. The Morgan fingerprint density at radius 3 is 2.28 bits per heavy atom. The summed E-state index contributed by atoms with van der Waals surface area (Å²) in [4.78, 5) is 11.4. The third-order valence-corrected chi connectivity index (χ3v) is 5.15. The van der Waals surface area contributed by atoms with Crippen LogP contribution in [-0.2, 0) is 14.8 Å². The van der Waals surface area contributed by atoms with Gasteiger partial charge in [-0.25, -0.2) is 8.42 Å². The topological polar surface area (TPSA) is 84.5 Å². The van der Waals surface area contributed by atoms with E-state index in [2.05, 4.69) is 10.0 Å². The first-order valence-corrected chi connectivity index (χ1v) is 9.36. The van der Waals surface area contributed by atoms with Gasteiger partial charge in [-0.2, -0.15) is 0 Å². The minimum absolute atomic E-state index is 0.188. The Bertz CT molecular complexity index is 869. The normalized spacial score (nSPS) is 11.0. The fourth-order valence-corrected chi connectivity index (χ4v) is 4.20. The number of hydrogen-bond donors (Lipinski definition) is 2. The Kier molecular flexibility index (Phi) is 5.69. The molecule has 2 aromatic carbocycles. The Morgan fingerprint density at radius 1 is 1.12 bits per heavy atom. The zero-order chi connectivity index (χ0) is 18.6. The maximum atomic E-state index is 12.9. The molecule has 25 heavy (non-hydrogen) atoms. The molecule has 2 N–H and O–H groups in total. The van der Waals surface area contributed by atoms with Gasteiger partial charge in [0, 0.05) is 12.6 Å². The van der Waals surface area contributed by atoms with E-state index in [-0.39, 0.29) is 10.8 Å². The lowest BCUT2D eigenvalue weighted by molar-refractivity contribution is -0.114. The van der Waals surface area contributed by atoms with Gasteiger partial charge in [0.05, 0.1) is 17.2 Å². The SMILES string of the molecule is CCOc1ccccc1NS(=O)(=O)c1c(C)cc(NC(C)=O)cc1C. The monoisotopic (exact) mass is 362 g/mol. The molecule has 0 fully saturated rings. The Labute approximate surface area is 148 Å². The van der Waals surface area contributed by atoms with E-state index in [4.69, 9.17) is 4.74 Å². The first kappa shape index (κ1) is 18.8. The molecule has 7 heteroatoms. The number of aryl methyl sites for hydroxylation is 2. The van der Waals surface area contributed by atoms with Gasteiger partial charge >= 0.3 is 0 Å². The maximum Gasteiger partial charge on any atom is 0.262 e. The van der Waals surface area contributed by atoms with E-state index in [9.17, 15) is 13.2 Å². The minimum atomic E-state index is -3.80. The number of amides is 1. The molecule has 0 aromatic heterocycles. The predicted octanol–water partition coefficient (Wildman–Crippen LogP) is 3.46. The van der Waals surface area contributed by atoms with Crippen LogP contribution in [0.5, 0.6) is 5.75 Å². The number of ether oxygens (including phenoxy) is 1. The molecule has 134 valence electrons. The van der Waals surface area contributed by atoms with Gasteiger partial charge in [0.1, 0.15) is 5.75 Å². The molecule has 1 amide bonds. The smallest absolute Gasteiger partial charge is 0.262 e. The molecule has 2 aromatic rings. The number of anilines is 2. The van der Waals surface area contributed by atoms with Crippen LogP contribution in [0.1, 0.15) is 25.0 Å². The van der Waals surface area contributed by atoms with E-state index in [1.807, 2.05) is 6.92 Å². The average molecular weight is 362 g/mol. The number of nitrogens with one attached hydrogen (secondary N) is 2. The Hall–Kier alpha value is -2.54. The number of carbonyl (C=O) groups is 1. The zero-order valence-corrected chi connectivity index (χ0v) is 15.5. The third-order valence-electron chi connectivity index (χ3n) is 3.48. The van der Waals surface area contributed by atoms with Gasteiger partial charge in [0.15, 0.2) is 0 Å². The molecule has 0 saturated carbocycles. The Morgan fingerprint density at radius 2 is 1.72 bits per heavy atom. The largest absolute Gasteiger partial charge is 0.492 e. The summed E-state index contributed by atoms with van der Waals surface area (Å²) in [7, 11) is -3.80. The van der Waals surface area contributed by atoms with Crippen molar-refractivity contribution in [3.8, 4) is 5.75 Å². The van der Waals surface area contributed by atoms with Crippen molar-refractivity contribution in [3.05, 3.63) is 47.5 Å². The van der Waals surface area contributed by atoms with Gasteiger partial charge in [0.25, 0.3) is 10.0 Å². The number of benzene rings is 2. The highest BCUT2D eigenvalue weighted by Crippen LogP contribution is 2.30. The van der Waals surface area contributed by atoms with Crippen LogP contribution in [0, 0.1) is 13.8 Å². The van der Waals surface area contributed by atoms with E-state index in [0.29, 0.717) is 34.9 Å². The summed E-state index contributed by atoms with van der Waals surface area (Å²) in [6.45, 7) is 7.06. The van der Waals surface area contributed by atoms with Crippen LogP contribution in [0.4, 0.5) is 11.4 Å². The molecule has 2 rings (SSSR count). The minimum Gasteiger partial charge on any atom is -0.492 e. The molecule has 0 aliphatic rings. The second-order valence-corrected chi connectivity index (χ2v) is 7.27. The molecule has 0 aliphatic heterocycles. The summed E-state index contributed by atoms with van der Waals surface area (Å²) < 4.78 is 33.8.